The van der Waals surface area contributed by atoms with Gasteiger partial charge in [-0.25, -0.2) is 8.78 Å². The lowest BCUT2D eigenvalue weighted by molar-refractivity contribution is 0.0989. The van der Waals surface area contributed by atoms with E-state index in [9.17, 15) is 22.0 Å². The normalized spacial score (nSPS) is 17.0. The molecule has 2 aromatic rings. The molecule has 1 unspecified atom stereocenters. The Kier molecular flexibility index (Phi) is 3.91. The van der Waals surface area contributed by atoms with E-state index in [0.717, 1.165) is 11.1 Å². The fourth-order valence-corrected chi connectivity index (χ4v) is 4.00. The predicted molar refractivity (Wildman–Crippen MR) is 82.7 cm³/mol. The molecule has 1 atom stereocenters. The van der Waals surface area contributed by atoms with Crippen LogP contribution in [-0.4, -0.2) is 14.2 Å². The van der Waals surface area contributed by atoms with Gasteiger partial charge in [0.2, 0.25) is 0 Å². The standard InChI is InChI=1S/C17H14F2O4S/c1-9-3-4-15(17-14(20)5-10(2)16(9)17)23-24(21,22)13-7-11(18)6-12(19)8-13/h3-4,6-8,10H,5H2,1-2H3. The number of benzene rings is 2. The van der Waals surface area contributed by atoms with Crippen LogP contribution in [0.2, 0.25) is 0 Å². The lowest BCUT2D eigenvalue weighted by Crippen LogP contribution is -2.13. The van der Waals surface area contributed by atoms with Crippen LogP contribution in [0.25, 0.3) is 0 Å². The van der Waals surface area contributed by atoms with E-state index in [1.807, 2.05) is 13.8 Å². The molecule has 126 valence electrons. The molecule has 0 aromatic heterocycles. The fraction of sp³-hybridized carbons (Fsp3) is 0.235. The van der Waals surface area contributed by atoms with E-state index in [2.05, 4.69) is 0 Å². The van der Waals surface area contributed by atoms with Crippen molar-refractivity contribution >= 4 is 15.9 Å². The van der Waals surface area contributed by atoms with E-state index in [4.69, 9.17) is 4.18 Å². The van der Waals surface area contributed by atoms with E-state index in [1.54, 1.807) is 6.07 Å². The van der Waals surface area contributed by atoms with Crippen molar-refractivity contribution in [1.29, 1.82) is 0 Å². The molecule has 1 aliphatic carbocycles. The van der Waals surface area contributed by atoms with Crippen LogP contribution in [0.1, 0.15) is 40.7 Å². The maximum absolute atomic E-state index is 13.3. The number of carbonyl (C=O) groups is 1. The first kappa shape index (κ1) is 16.6. The van der Waals surface area contributed by atoms with Crippen molar-refractivity contribution in [2.75, 3.05) is 0 Å². The molecule has 1 aliphatic rings. The van der Waals surface area contributed by atoms with E-state index in [-0.39, 0.29) is 29.4 Å². The number of Topliss-reactive ketones (excluding diaryl/α,β-unsaturated/α-hetero) is 1. The second-order valence-corrected chi connectivity index (χ2v) is 7.39. The van der Waals surface area contributed by atoms with Gasteiger partial charge < -0.3 is 4.18 Å². The number of halogens is 2. The monoisotopic (exact) mass is 352 g/mol. The molecule has 24 heavy (non-hydrogen) atoms. The molecule has 4 nitrogen and oxygen atoms in total. The maximum Gasteiger partial charge on any atom is 0.339 e. The van der Waals surface area contributed by atoms with Crippen LogP contribution in [0.4, 0.5) is 8.78 Å². The van der Waals surface area contributed by atoms with Gasteiger partial charge in [-0.05, 0) is 42.2 Å². The van der Waals surface area contributed by atoms with Gasteiger partial charge in [0.05, 0.1) is 5.56 Å². The molecule has 0 aliphatic heterocycles. The summed E-state index contributed by atoms with van der Waals surface area (Å²) in [6.45, 7) is 3.70. The molecule has 2 aromatic carbocycles. The van der Waals surface area contributed by atoms with Crippen LogP contribution in [0, 0.1) is 18.6 Å². The summed E-state index contributed by atoms with van der Waals surface area (Å²) in [6, 6.07) is 4.94. The first-order valence-corrected chi connectivity index (χ1v) is 8.67. The van der Waals surface area contributed by atoms with Gasteiger partial charge in [-0.3, -0.25) is 4.79 Å². The summed E-state index contributed by atoms with van der Waals surface area (Å²) in [4.78, 5) is 11.5. The third-order valence-electron chi connectivity index (χ3n) is 4.01. The minimum Gasteiger partial charge on any atom is -0.378 e. The van der Waals surface area contributed by atoms with Crippen molar-refractivity contribution in [1.82, 2.24) is 0 Å². The van der Waals surface area contributed by atoms with Gasteiger partial charge >= 0.3 is 10.1 Å². The quantitative estimate of drug-likeness (QED) is 0.790. The molecule has 0 bridgehead atoms. The largest absolute Gasteiger partial charge is 0.378 e. The maximum atomic E-state index is 13.3. The second kappa shape index (κ2) is 5.66. The van der Waals surface area contributed by atoms with Gasteiger partial charge in [0.1, 0.15) is 16.5 Å². The van der Waals surface area contributed by atoms with Gasteiger partial charge in [-0.2, -0.15) is 8.42 Å². The van der Waals surface area contributed by atoms with Crippen LogP contribution < -0.4 is 4.18 Å². The summed E-state index contributed by atoms with van der Waals surface area (Å²) in [5.74, 6) is -2.43. The molecular weight excluding hydrogens is 338 g/mol. The van der Waals surface area contributed by atoms with Gasteiger partial charge in [-0.15, -0.1) is 0 Å². The van der Waals surface area contributed by atoms with Crippen LogP contribution in [0.5, 0.6) is 5.75 Å². The Morgan fingerprint density at radius 3 is 2.38 bits per heavy atom. The molecule has 0 saturated heterocycles. The molecule has 3 rings (SSSR count). The Bertz CT molecular complexity index is 931. The van der Waals surface area contributed by atoms with E-state index >= 15 is 0 Å². The Morgan fingerprint density at radius 1 is 1.12 bits per heavy atom. The Labute approximate surface area is 138 Å². The first-order chi connectivity index (χ1) is 11.2. The van der Waals surface area contributed by atoms with Crippen molar-refractivity contribution < 1.29 is 26.2 Å². The smallest absolute Gasteiger partial charge is 0.339 e. The molecule has 0 saturated carbocycles. The van der Waals surface area contributed by atoms with Crippen LogP contribution in [-0.2, 0) is 10.1 Å². The van der Waals surface area contributed by atoms with Crippen molar-refractivity contribution in [2.24, 2.45) is 0 Å². The zero-order chi connectivity index (χ0) is 17.6. The highest BCUT2D eigenvalue weighted by atomic mass is 32.2. The summed E-state index contributed by atoms with van der Waals surface area (Å²) in [5, 5.41) is 0. The lowest BCUT2D eigenvalue weighted by Gasteiger charge is -2.13. The number of ketones is 1. The van der Waals surface area contributed by atoms with Crippen LogP contribution in [0.15, 0.2) is 35.2 Å². The number of fused-ring (bicyclic) bond motifs is 1. The molecule has 7 heteroatoms. The highest BCUT2D eigenvalue weighted by molar-refractivity contribution is 7.87. The van der Waals surface area contributed by atoms with E-state index < -0.39 is 26.6 Å². The van der Waals surface area contributed by atoms with Gasteiger partial charge in [0.15, 0.2) is 11.5 Å². The van der Waals surface area contributed by atoms with Crippen LogP contribution >= 0.6 is 0 Å². The molecular formula is C17H14F2O4S. The summed E-state index contributed by atoms with van der Waals surface area (Å²) in [5.41, 5.74) is 1.84. The molecule has 0 spiro atoms. The van der Waals surface area contributed by atoms with E-state index in [1.165, 1.54) is 6.07 Å². The minimum atomic E-state index is -4.47. The first-order valence-electron chi connectivity index (χ1n) is 7.26. The number of hydrogen-bond donors (Lipinski definition) is 0. The summed E-state index contributed by atoms with van der Waals surface area (Å²) < 4.78 is 56.2. The predicted octanol–water partition coefficient (Wildman–Crippen LogP) is 3.73. The molecule has 0 N–H and O–H groups in total. The Hall–Kier alpha value is -2.28. The van der Waals surface area contributed by atoms with Crippen molar-refractivity contribution in [2.45, 2.75) is 31.1 Å². The lowest BCUT2D eigenvalue weighted by atomic mass is 9.98. The average Bonchev–Trinajstić information content (AvgIpc) is 2.77. The van der Waals surface area contributed by atoms with Gasteiger partial charge in [0.25, 0.3) is 0 Å². The molecule has 0 radical (unpaired) electrons. The fourth-order valence-electron chi connectivity index (χ4n) is 3.02. The third-order valence-corrected chi connectivity index (χ3v) is 5.22. The van der Waals surface area contributed by atoms with Crippen LogP contribution in [0.3, 0.4) is 0 Å². The van der Waals surface area contributed by atoms with Crippen molar-refractivity contribution in [3.63, 3.8) is 0 Å². The molecule has 0 amide bonds. The van der Waals surface area contributed by atoms with Crippen molar-refractivity contribution in [3.05, 3.63) is 58.7 Å². The highest BCUT2D eigenvalue weighted by Crippen LogP contribution is 2.40. The topological polar surface area (TPSA) is 60.4 Å². The van der Waals surface area contributed by atoms with Gasteiger partial charge in [-0.1, -0.05) is 13.0 Å². The third kappa shape index (κ3) is 2.80. The summed E-state index contributed by atoms with van der Waals surface area (Å²) >= 11 is 0. The number of carbonyl (C=O) groups excluding carboxylic acids is 1. The zero-order valence-corrected chi connectivity index (χ0v) is 13.8. The zero-order valence-electron chi connectivity index (χ0n) is 13.0. The summed E-state index contributed by atoms with van der Waals surface area (Å²) in [7, 11) is -4.47. The number of hydrogen-bond acceptors (Lipinski definition) is 4. The highest BCUT2D eigenvalue weighted by Gasteiger charge is 2.33. The molecule has 0 fully saturated rings. The molecule has 0 heterocycles. The SMILES string of the molecule is Cc1ccc(OS(=O)(=O)c2cc(F)cc(F)c2)c2c1C(C)CC2=O. The number of aryl methyl sites for hydroxylation is 1. The van der Waals surface area contributed by atoms with Crippen molar-refractivity contribution in [3.8, 4) is 5.75 Å². The number of rotatable bonds is 3. The second-order valence-electron chi connectivity index (χ2n) is 5.84. The minimum absolute atomic E-state index is 0.0367. The van der Waals surface area contributed by atoms with E-state index in [0.29, 0.717) is 18.2 Å². The van der Waals surface area contributed by atoms with Gasteiger partial charge in [0, 0.05) is 12.5 Å². The Balaban J connectivity index is 2.08. The average molecular weight is 352 g/mol. The Morgan fingerprint density at radius 2 is 1.75 bits per heavy atom. The summed E-state index contributed by atoms with van der Waals surface area (Å²) in [6.07, 6.45) is 0.269.